The Bertz CT molecular complexity index is 502. The smallest absolute Gasteiger partial charge is 0.192 e. The van der Waals surface area contributed by atoms with Crippen LogP contribution in [0, 0.1) is 0 Å². The van der Waals surface area contributed by atoms with Gasteiger partial charge >= 0.3 is 0 Å². The molecule has 0 saturated heterocycles. The Balaban J connectivity index is 2.66. The molecular weight excluding hydrogens is 178 g/mol. The molecule has 1 aromatic carbocycles. The summed E-state index contributed by atoms with van der Waals surface area (Å²) >= 11 is 0. The van der Waals surface area contributed by atoms with E-state index >= 15 is 0 Å². The summed E-state index contributed by atoms with van der Waals surface area (Å²) in [6.45, 7) is 0.487. The largest absolute Gasteiger partial charge is 0.461 e. The average molecular weight is 189 g/mol. The van der Waals surface area contributed by atoms with E-state index in [1.54, 1.807) is 12.1 Å². The van der Waals surface area contributed by atoms with Crippen LogP contribution in [0.4, 0.5) is 0 Å². The molecule has 3 heteroatoms. The average Bonchev–Trinajstić information content (AvgIpc) is 2.18. The molecule has 14 heavy (non-hydrogen) atoms. The molecule has 0 bridgehead atoms. The standard InChI is InChI=1S/C11H11NO2/c12-6-5-8-7-10(13)9-3-1-2-4-11(9)14-8/h1-4,7H,5-6,12H2. The summed E-state index contributed by atoms with van der Waals surface area (Å²) in [5, 5.41) is 0.619. The highest BCUT2D eigenvalue weighted by molar-refractivity contribution is 5.76. The fourth-order valence-corrected chi connectivity index (χ4v) is 1.42. The van der Waals surface area contributed by atoms with Gasteiger partial charge in [0.15, 0.2) is 5.43 Å². The van der Waals surface area contributed by atoms with Gasteiger partial charge in [-0.2, -0.15) is 0 Å². The van der Waals surface area contributed by atoms with E-state index in [-0.39, 0.29) is 5.43 Å². The SMILES string of the molecule is NCCc1cc(=O)c2ccccc2o1. The molecule has 0 atom stereocenters. The third-order valence-electron chi connectivity index (χ3n) is 2.08. The fraction of sp³-hybridized carbons (Fsp3) is 0.182. The van der Waals surface area contributed by atoms with Gasteiger partial charge in [0.05, 0.1) is 5.39 Å². The Hall–Kier alpha value is -1.61. The van der Waals surface area contributed by atoms with Crippen molar-refractivity contribution >= 4 is 11.0 Å². The van der Waals surface area contributed by atoms with Crippen molar-refractivity contribution in [2.24, 2.45) is 5.73 Å². The van der Waals surface area contributed by atoms with Crippen LogP contribution in [-0.4, -0.2) is 6.54 Å². The Morgan fingerprint density at radius 1 is 1.29 bits per heavy atom. The van der Waals surface area contributed by atoms with Crippen LogP contribution in [0.25, 0.3) is 11.0 Å². The predicted octanol–water partition coefficient (Wildman–Crippen LogP) is 1.29. The van der Waals surface area contributed by atoms with Gasteiger partial charge in [-0.1, -0.05) is 12.1 Å². The van der Waals surface area contributed by atoms with Crippen LogP contribution < -0.4 is 11.2 Å². The number of fused-ring (bicyclic) bond motifs is 1. The summed E-state index contributed by atoms with van der Waals surface area (Å²) < 4.78 is 5.50. The van der Waals surface area contributed by atoms with E-state index in [1.807, 2.05) is 12.1 Å². The Morgan fingerprint density at radius 2 is 2.07 bits per heavy atom. The van der Waals surface area contributed by atoms with Crippen molar-refractivity contribution in [2.45, 2.75) is 6.42 Å². The van der Waals surface area contributed by atoms with Crippen LogP contribution in [0.5, 0.6) is 0 Å². The minimum absolute atomic E-state index is 0.00435. The topological polar surface area (TPSA) is 56.2 Å². The van der Waals surface area contributed by atoms with Crippen molar-refractivity contribution in [3.63, 3.8) is 0 Å². The lowest BCUT2D eigenvalue weighted by Gasteiger charge is -2.00. The Labute approximate surface area is 81.1 Å². The fourth-order valence-electron chi connectivity index (χ4n) is 1.42. The van der Waals surface area contributed by atoms with Gasteiger partial charge in [-0.15, -0.1) is 0 Å². The number of rotatable bonds is 2. The molecule has 0 radical (unpaired) electrons. The van der Waals surface area contributed by atoms with E-state index in [1.165, 1.54) is 6.07 Å². The normalized spacial score (nSPS) is 10.6. The second-order valence-electron chi connectivity index (χ2n) is 3.11. The highest BCUT2D eigenvalue weighted by atomic mass is 16.3. The molecule has 0 amide bonds. The minimum Gasteiger partial charge on any atom is -0.461 e. The van der Waals surface area contributed by atoms with Gasteiger partial charge in [0.1, 0.15) is 11.3 Å². The molecule has 0 unspecified atom stereocenters. The van der Waals surface area contributed by atoms with Crippen molar-refractivity contribution in [3.05, 3.63) is 46.3 Å². The molecule has 3 nitrogen and oxygen atoms in total. The maximum absolute atomic E-state index is 11.6. The van der Waals surface area contributed by atoms with Crippen molar-refractivity contribution < 1.29 is 4.42 Å². The highest BCUT2D eigenvalue weighted by Crippen LogP contribution is 2.11. The van der Waals surface area contributed by atoms with Crippen LogP contribution in [0.15, 0.2) is 39.5 Å². The zero-order valence-corrected chi connectivity index (χ0v) is 7.69. The van der Waals surface area contributed by atoms with Gasteiger partial charge in [-0.05, 0) is 18.7 Å². The Kier molecular flexibility index (Phi) is 2.33. The summed E-state index contributed by atoms with van der Waals surface area (Å²) in [4.78, 5) is 11.6. The Morgan fingerprint density at radius 3 is 2.86 bits per heavy atom. The van der Waals surface area contributed by atoms with E-state index in [0.29, 0.717) is 29.7 Å². The number of nitrogens with two attached hydrogens (primary N) is 1. The van der Waals surface area contributed by atoms with E-state index in [2.05, 4.69) is 0 Å². The van der Waals surface area contributed by atoms with E-state index in [9.17, 15) is 4.79 Å². The molecule has 0 aliphatic rings. The summed E-state index contributed by atoms with van der Waals surface area (Å²) in [5.41, 5.74) is 6.02. The maximum Gasteiger partial charge on any atom is 0.192 e. The number of hydrogen-bond acceptors (Lipinski definition) is 3. The third kappa shape index (κ3) is 1.54. The molecule has 0 aliphatic heterocycles. The number of benzene rings is 1. The zero-order valence-electron chi connectivity index (χ0n) is 7.69. The molecule has 1 heterocycles. The first-order chi connectivity index (χ1) is 6.81. The van der Waals surface area contributed by atoms with Gasteiger partial charge in [0.2, 0.25) is 0 Å². The van der Waals surface area contributed by atoms with Crippen molar-refractivity contribution in [3.8, 4) is 0 Å². The van der Waals surface area contributed by atoms with Crippen molar-refractivity contribution in [1.29, 1.82) is 0 Å². The molecule has 0 spiro atoms. The van der Waals surface area contributed by atoms with Crippen LogP contribution in [0.1, 0.15) is 5.76 Å². The van der Waals surface area contributed by atoms with Gasteiger partial charge in [0.25, 0.3) is 0 Å². The summed E-state index contributed by atoms with van der Waals surface area (Å²) in [6, 6.07) is 8.72. The van der Waals surface area contributed by atoms with Gasteiger partial charge in [0, 0.05) is 12.5 Å². The quantitative estimate of drug-likeness (QED) is 0.774. The molecule has 2 aromatic rings. The van der Waals surface area contributed by atoms with Gasteiger partial charge in [-0.25, -0.2) is 0 Å². The number of para-hydroxylation sites is 1. The molecule has 2 N–H and O–H groups in total. The number of hydrogen-bond donors (Lipinski definition) is 1. The second kappa shape index (κ2) is 3.64. The highest BCUT2D eigenvalue weighted by Gasteiger charge is 2.02. The molecule has 0 saturated carbocycles. The molecule has 2 rings (SSSR count). The molecule has 1 aromatic heterocycles. The second-order valence-corrected chi connectivity index (χ2v) is 3.11. The third-order valence-corrected chi connectivity index (χ3v) is 2.08. The summed E-state index contributed by atoms with van der Waals surface area (Å²) in [7, 11) is 0. The zero-order chi connectivity index (χ0) is 9.97. The molecular formula is C11H11NO2. The summed E-state index contributed by atoms with van der Waals surface area (Å²) in [5.74, 6) is 0.649. The monoisotopic (exact) mass is 189 g/mol. The predicted molar refractivity (Wildman–Crippen MR) is 55.2 cm³/mol. The summed E-state index contributed by atoms with van der Waals surface area (Å²) in [6.07, 6.45) is 0.597. The van der Waals surface area contributed by atoms with Crippen molar-refractivity contribution in [2.75, 3.05) is 6.54 Å². The lowest BCUT2D eigenvalue weighted by molar-refractivity contribution is 0.537. The lowest BCUT2D eigenvalue weighted by Crippen LogP contribution is -2.07. The minimum atomic E-state index is -0.00435. The maximum atomic E-state index is 11.6. The van der Waals surface area contributed by atoms with E-state index < -0.39 is 0 Å². The van der Waals surface area contributed by atoms with E-state index in [4.69, 9.17) is 10.2 Å². The van der Waals surface area contributed by atoms with Crippen LogP contribution in [-0.2, 0) is 6.42 Å². The van der Waals surface area contributed by atoms with Crippen LogP contribution >= 0.6 is 0 Å². The van der Waals surface area contributed by atoms with E-state index in [0.717, 1.165) is 0 Å². The lowest BCUT2D eigenvalue weighted by atomic mass is 10.2. The first kappa shape index (κ1) is 8.97. The molecule has 0 aliphatic carbocycles. The van der Waals surface area contributed by atoms with Crippen molar-refractivity contribution in [1.82, 2.24) is 0 Å². The molecule has 72 valence electrons. The molecule has 0 fully saturated rings. The van der Waals surface area contributed by atoms with Crippen LogP contribution in [0.3, 0.4) is 0 Å². The van der Waals surface area contributed by atoms with Crippen LogP contribution in [0.2, 0.25) is 0 Å². The first-order valence-electron chi connectivity index (χ1n) is 4.53. The first-order valence-corrected chi connectivity index (χ1v) is 4.53. The van der Waals surface area contributed by atoms with Gasteiger partial charge < -0.3 is 10.2 Å². The van der Waals surface area contributed by atoms with Gasteiger partial charge in [-0.3, -0.25) is 4.79 Å².